The van der Waals surface area contributed by atoms with E-state index in [1.54, 1.807) is 12.0 Å². The standard InChI is InChI=1S/C16H25N3O4S/c1-18(2)14-6-4-13(5-7-14)17-16(20)19(9-10-23-3)15-8-11-24(21,22)12-15/h4-7,15H,8-12H2,1-3H3,(H,17,20). The molecule has 0 saturated carbocycles. The number of urea groups is 1. The van der Waals surface area contributed by atoms with Crippen LogP contribution in [0.1, 0.15) is 6.42 Å². The van der Waals surface area contributed by atoms with Crippen LogP contribution >= 0.6 is 0 Å². The van der Waals surface area contributed by atoms with Crippen molar-refractivity contribution >= 4 is 27.2 Å². The van der Waals surface area contributed by atoms with Crippen molar-refractivity contribution in [2.75, 3.05) is 56.1 Å². The summed E-state index contributed by atoms with van der Waals surface area (Å²) in [6.45, 7) is 0.724. The lowest BCUT2D eigenvalue weighted by Gasteiger charge is -2.28. The SMILES string of the molecule is COCCN(C(=O)Nc1ccc(N(C)C)cc1)C1CCS(=O)(=O)C1. The number of rotatable bonds is 6. The molecular formula is C16H25N3O4S. The van der Waals surface area contributed by atoms with Crippen LogP contribution < -0.4 is 10.2 Å². The van der Waals surface area contributed by atoms with Gasteiger partial charge in [-0.3, -0.25) is 0 Å². The van der Waals surface area contributed by atoms with Crippen molar-refractivity contribution in [2.45, 2.75) is 12.5 Å². The smallest absolute Gasteiger partial charge is 0.322 e. The third-order valence-electron chi connectivity index (χ3n) is 4.08. The second-order valence-electron chi connectivity index (χ2n) is 6.11. The van der Waals surface area contributed by atoms with Crippen LogP contribution in [0.15, 0.2) is 24.3 Å². The van der Waals surface area contributed by atoms with Gasteiger partial charge in [0.2, 0.25) is 0 Å². The molecule has 2 rings (SSSR count). The molecule has 1 aromatic carbocycles. The number of nitrogens with zero attached hydrogens (tertiary/aromatic N) is 2. The predicted octanol–water partition coefficient (Wildman–Crippen LogP) is 1.42. The van der Waals surface area contributed by atoms with Gasteiger partial charge in [-0.25, -0.2) is 13.2 Å². The fraction of sp³-hybridized carbons (Fsp3) is 0.562. The Bertz CT molecular complexity index is 658. The normalized spacial score (nSPS) is 19.0. The molecule has 0 aromatic heterocycles. The molecule has 1 aliphatic rings. The number of ether oxygens (including phenoxy) is 1. The molecular weight excluding hydrogens is 330 g/mol. The molecule has 1 aliphatic heterocycles. The van der Waals surface area contributed by atoms with Gasteiger partial charge >= 0.3 is 6.03 Å². The van der Waals surface area contributed by atoms with Gasteiger partial charge < -0.3 is 19.9 Å². The number of hydrogen-bond donors (Lipinski definition) is 1. The van der Waals surface area contributed by atoms with Crippen LogP contribution in [0.4, 0.5) is 16.2 Å². The van der Waals surface area contributed by atoms with Crippen molar-refractivity contribution in [3.05, 3.63) is 24.3 Å². The second kappa shape index (κ2) is 7.85. The van der Waals surface area contributed by atoms with Crippen molar-refractivity contribution in [3.8, 4) is 0 Å². The van der Waals surface area contributed by atoms with Gasteiger partial charge in [0.05, 0.1) is 18.1 Å². The van der Waals surface area contributed by atoms with Crippen LogP contribution in [-0.2, 0) is 14.6 Å². The molecule has 0 aliphatic carbocycles. The highest BCUT2D eigenvalue weighted by Gasteiger charge is 2.34. The number of benzene rings is 1. The van der Waals surface area contributed by atoms with E-state index in [0.717, 1.165) is 5.69 Å². The minimum Gasteiger partial charge on any atom is -0.383 e. The maximum Gasteiger partial charge on any atom is 0.322 e. The number of amides is 2. The Morgan fingerprint density at radius 1 is 1.29 bits per heavy atom. The largest absolute Gasteiger partial charge is 0.383 e. The van der Waals surface area contributed by atoms with E-state index in [9.17, 15) is 13.2 Å². The van der Waals surface area contributed by atoms with Crippen LogP contribution in [0.2, 0.25) is 0 Å². The van der Waals surface area contributed by atoms with Crippen LogP contribution in [0.25, 0.3) is 0 Å². The molecule has 2 amide bonds. The highest BCUT2D eigenvalue weighted by Crippen LogP contribution is 2.20. The van der Waals surface area contributed by atoms with Crippen LogP contribution in [0.5, 0.6) is 0 Å². The summed E-state index contributed by atoms with van der Waals surface area (Å²) >= 11 is 0. The Morgan fingerprint density at radius 3 is 2.46 bits per heavy atom. The zero-order chi connectivity index (χ0) is 17.7. The quantitative estimate of drug-likeness (QED) is 0.835. The summed E-state index contributed by atoms with van der Waals surface area (Å²) in [5.41, 5.74) is 1.71. The summed E-state index contributed by atoms with van der Waals surface area (Å²) < 4.78 is 28.5. The molecule has 7 nitrogen and oxygen atoms in total. The number of methoxy groups -OCH3 is 1. The minimum atomic E-state index is -3.06. The Labute approximate surface area is 143 Å². The number of carbonyl (C=O) groups is 1. The van der Waals surface area contributed by atoms with Gasteiger partial charge in [0.15, 0.2) is 9.84 Å². The zero-order valence-electron chi connectivity index (χ0n) is 14.4. The van der Waals surface area contributed by atoms with Gasteiger partial charge in [-0.1, -0.05) is 0 Å². The average molecular weight is 355 g/mol. The monoisotopic (exact) mass is 355 g/mol. The zero-order valence-corrected chi connectivity index (χ0v) is 15.2. The maximum absolute atomic E-state index is 12.6. The molecule has 1 atom stereocenters. The molecule has 0 bridgehead atoms. The van der Waals surface area contributed by atoms with Crippen molar-refractivity contribution < 1.29 is 17.9 Å². The van der Waals surface area contributed by atoms with E-state index in [2.05, 4.69) is 5.32 Å². The molecule has 24 heavy (non-hydrogen) atoms. The molecule has 134 valence electrons. The molecule has 0 spiro atoms. The van der Waals surface area contributed by atoms with Gasteiger partial charge in [0.1, 0.15) is 0 Å². The van der Waals surface area contributed by atoms with Crippen molar-refractivity contribution in [1.82, 2.24) is 4.90 Å². The highest BCUT2D eigenvalue weighted by atomic mass is 32.2. The van der Waals surface area contributed by atoms with E-state index >= 15 is 0 Å². The first-order valence-corrected chi connectivity index (χ1v) is 9.69. The molecule has 0 radical (unpaired) electrons. The van der Waals surface area contributed by atoms with Crippen LogP contribution in [0.3, 0.4) is 0 Å². The third kappa shape index (κ3) is 4.85. The molecule has 1 saturated heterocycles. The predicted molar refractivity (Wildman–Crippen MR) is 95.4 cm³/mol. The molecule has 1 unspecified atom stereocenters. The second-order valence-corrected chi connectivity index (χ2v) is 8.34. The molecule has 1 aromatic rings. The number of anilines is 2. The Hall–Kier alpha value is -1.80. The van der Waals surface area contributed by atoms with E-state index in [4.69, 9.17) is 4.74 Å². The summed E-state index contributed by atoms with van der Waals surface area (Å²) in [7, 11) is 2.39. The van der Waals surface area contributed by atoms with Gasteiger partial charge in [-0.05, 0) is 30.7 Å². The third-order valence-corrected chi connectivity index (χ3v) is 5.83. The summed E-state index contributed by atoms with van der Waals surface area (Å²) in [4.78, 5) is 16.1. The number of sulfone groups is 1. The van der Waals surface area contributed by atoms with E-state index < -0.39 is 9.84 Å². The van der Waals surface area contributed by atoms with Crippen molar-refractivity contribution in [3.63, 3.8) is 0 Å². The minimum absolute atomic E-state index is 0.0176. The number of nitrogens with one attached hydrogen (secondary N) is 1. The first kappa shape index (κ1) is 18.5. The lowest BCUT2D eigenvalue weighted by molar-refractivity contribution is 0.140. The first-order valence-electron chi connectivity index (χ1n) is 7.87. The lowest BCUT2D eigenvalue weighted by Crippen LogP contribution is -2.45. The van der Waals surface area contributed by atoms with Crippen LogP contribution in [-0.4, -0.2) is 71.3 Å². The highest BCUT2D eigenvalue weighted by molar-refractivity contribution is 7.91. The average Bonchev–Trinajstić information content (AvgIpc) is 2.88. The van der Waals surface area contributed by atoms with Gasteiger partial charge in [-0.15, -0.1) is 0 Å². The molecule has 8 heteroatoms. The van der Waals surface area contributed by atoms with Crippen molar-refractivity contribution in [1.29, 1.82) is 0 Å². The maximum atomic E-state index is 12.6. The summed E-state index contributed by atoms with van der Waals surface area (Å²) in [5, 5.41) is 2.84. The molecule has 1 heterocycles. The van der Waals surface area contributed by atoms with Gasteiger partial charge in [-0.2, -0.15) is 0 Å². The van der Waals surface area contributed by atoms with Crippen LogP contribution in [0, 0.1) is 0 Å². The topological polar surface area (TPSA) is 79.0 Å². The van der Waals surface area contributed by atoms with E-state index in [0.29, 0.717) is 25.3 Å². The van der Waals surface area contributed by atoms with Crippen molar-refractivity contribution in [2.24, 2.45) is 0 Å². The summed E-state index contributed by atoms with van der Waals surface area (Å²) in [6.07, 6.45) is 0.471. The first-order chi connectivity index (χ1) is 11.3. The Kier molecular flexibility index (Phi) is 6.06. The van der Waals surface area contributed by atoms with E-state index in [1.807, 2.05) is 43.3 Å². The van der Waals surface area contributed by atoms with Gasteiger partial charge in [0.25, 0.3) is 0 Å². The Morgan fingerprint density at radius 2 is 1.96 bits per heavy atom. The number of hydrogen-bond acceptors (Lipinski definition) is 5. The summed E-state index contributed by atoms with van der Waals surface area (Å²) in [5.74, 6) is 0.148. The fourth-order valence-corrected chi connectivity index (χ4v) is 4.43. The van der Waals surface area contributed by atoms with Gasteiger partial charge in [0, 0.05) is 45.2 Å². The molecule has 1 N–H and O–H groups in total. The van der Waals surface area contributed by atoms with E-state index in [-0.39, 0.29) is 23.6 Å². The number of carbonyl (C=O) groups excluding carboxylic acids is 1. The van der Waals surface area contributed by atoms with E-state index in [1.165, 1.54) is 0 Å². The fourth-order valence-electron chi connectivity index (χ4n) is 2.70. The lowest BCUT2D eigenvalue weighted by atomic mass is 10.2. The molecule has 1 fully saturated rings. The Balaban J connectivity index is 2.07. The summed E-state index contributed by atoms with van der Waals surface area (Å²) in [6, 6.07) is 6.88.